The summed E-state index contributed by atoms with van der Waals surface area (Å²) in [4.78, 5) is 26.6. The molecule has 2 aliphatic rings. The SMILES string of the molecule is COC(=O)c1c(NC(=O)c2ccc(S(=O)(=O)N(C)C3CCCCC3)cc2)sc2c1CCCC2. The highest BCUT2D eigenvalue weighted by atomic mass is 32.2. The molecule has 1 saturated carbocycles. The molecule has 0 spiro atoms. The molecule has 1 N–H and O–H groups in total. The molecule has 4 rings (SSSR count). The van der Waals surface area contributed by atoms with E-state index in [2.05, 4.69) is 5.32 Å². The molecule has 2 aromatic rings. The van der Waals surface area contributed by atoms with Gasteiger partial charge in [0.25, 0.3) is 5.91 Å². The number of nitrogens with one attached hydrogen (secondary N) is 1. The van der Waals surface area contributed by atoms with Gasteiger partial charge < -0.3 is 10.1 Å². The molecule has 2 aliphatic carbocycles. The van der Waals surface area contributed by atoms with Gasteiger partial charge in [-0.1, -0.05) is 19.3 Å². The second kappa shape index (κ2) is 9.95. The Bertz CT molecular complexity index is 1130. The van der Waals surface area contributed by atoms with E-state index in [9.17, 15) is 18.0 Å². The largest absolute Gasteiger partial charge is 0.465 e. The topological polar surface area (TPSA) is 92.8 Å². The molecule has 33 heavy (non-hydrogen) atoms. The predicted octanol–water partition coefficient (Wildman–Crippen LogP) is 4.62. The third kappa shape index (κ3) is 4.85. The first-order valence-corrected chi connectivity index (χ1v) is 13.7. The van der Waals surface area contributed by atoms with Gasteiger partial charge in [-0.25, -0.2) is 13.2 Å². The summed E-state index contributed by atoms with van der Waals surface area (Å²) < 4.78 is 32.5. The number of sulfonamides is 1. The highest BCUT2D eigenvalue weighted by molar-refractivity contribution is 7.89. The number of carbonyl (C=O) groups excluding carboxylic acids is 2. The van der Waals surface area contributed by atoms with Gasteiger partial charge in [-0.2, -0.15) is 4.31 Å². The first-order valence-electron chi connectivity index (χ1n) is 11.4. The van der Waals surface area contributed by atoms with Crippen LogP contribution in [0.3, 0.4) is 0 Å². The van der Waals surface area contributed by atoms with Crippen molar-refractivity contribution in [1.82, 2.24) is 4.31 Å². The summed E-state index contributed by atoms with van der Waals surface area (Å²) in [5, 5.41) is 3.34. The molecule has 0 atom stereocenters. The van der Waals surface area contributed by atoms with E-state index in [-0.39, 0.29) is 16.8 Å². The third-order valence-corrected chi connectivity index (χ3v) is 9.80. The average molecular weight is 491 g/mol. The lowest BCUT2D eigenvalue weighted by atomic mass is 9.95. The van der Waals surface area contributed by atoms with Gasteiger partial charge in [0, 0.05) is 23.5 Å². The normalized spacial score (nSPS) is 16.9. The number of ether oxygens (including phenoxy) is 1. The maximum atomic E-state index is 13.0. The molecule has 0 unspecified atom stereocenters. The predicted molar refractivity (Wildman–Crippen MR) is 129 cm³/mol. The van der Waals surface area contributed by atoms with Crippen LogP contribution in [0.5, 0.6) is 0 Å². The van der Waals surface area contributed by atoms with Gasteiger partial charge in [-0.15, -0.1) is 11.3 Å². The number of aryl methyl sites for hydroxylation is 1. The van der Waals surface area contributed by atoms with E-state index in [0.717, 1.165) is 68.2 Å². The van der Waals surface area contributed by atoms with Crippen LogP contribution in [-0.4, -0.2) is 44.8 Å². The number of anilines is 1. The molecule has 1 aromatic heterocycles. The van der Waals surface area contributed by atoms with Crippen LogP contribution in [0.4, 0.5) is 5.00 Å². The zero-order valence-electron chi connectivity index (χ0n) is 19.1. The number of rotatable bonds is 6. The van der Waals surface area contributed by atoms with Gasteiger partial charge in [0.1, 0.15) is 5.00 Å². The van der Waals surface area contributed by atoms with Crippen molar-refractivity contribution in [3.8, 4) is 0 Å². The Morgan fingerprint density at radius 2 is 1.70 bits per heavy atom. The number of thiophene rings is 1. The van der Waals surface area contributed by atoms with Gasteiger partial charge in [0.15, 0.2) is 0 Å². The molecule has 7 nitrogen and oxygen atoms in total. The molecule has 1 amide bonds. The zero-order chi connectivity index (χ0) is 23.6. The van der Waals surface area contributed by atoms with Crippen molar-refractivity contribution < 1.29 is 22.7 Å². The van der Waals surface area contributed by atoms with Gasteiger partial charge in [-0.3, -0.25) is 4.79 Å². The van der Waals surface area contributed by atoms with Crippen LogP contribution < -0.4 is 5.32 Å². The molecule has 1 aromatic carbocycles. The Hall–Kier alpha value is -2.23. The lowest BCUT2D eigenvalue weighted by Gasteiger charge is -2.30. The van der Waals surface area contributed by atoms with Crippen molar-refractivity contribution in [2.24, 2.45) is 0 Å². The minimum Gasteiger partial charge on any atom is -0.465 e. The highest BCUT2D eigenvalue weighted by Crippen LogP contribution is 2.38. The number of esters is 1. The van der Waals surface area contributed by atoms with Crippen LogP contribution in [0.1, 0.15) is 76.1 Å². The Balaban J connectivity index is 1.52. The monoisotopic (exact) mass is 490 g/mol. The quantitative estimate of drug-likeness (QED) is 0.597. The molecule has 0 aliphatic heterocycles. The molecule has 0 bridgehead atoms. The summed E-state index contributed by atoms with van der Waals surface area (Å²) in [5.74, 6) is -0.833. The summed E-state index contributed by atoms with van der Waals surface area (Å²) in [6, 6.07) is 6.01. The second-order valence-corrected chi connectivity index (χ2v) is 11.8. The van der Waals surface area contributed by atoms with E-state index in [4.69, 9.17) is 4.74 Å². The van der Waals surface area contributed by atoms with E-state index in [1.165, 1.54) is 47.0 Å². The van der Waals surface area contributed by atoms with Crippen LogP contribution in [0.25, 0.3) is 0 Å². The lowest BCUT2D eigenvalue weighted by Crippen LogP contribution is -2.38. The molecule has 0 radical (unpaired) electrons. The fraction of sp³-hybridized carbons (Fsp3) is 0.500. The van der Waals surface area contributed by atoms with Crippen LogP contribution in [0, 0.1) is 0 Å². The van der Waals surface area contributed by atoms with Crippen LogP contribution >= 0.6 is 11.3 Å². The van der Waals surface area contributed by atoms with Crippen molar-refractivity contribution in [3.63, 3.8) is 0 Å². The Morgan fingerprint density at radius 1 is 1.03 bits per heavy atom. The maximum absolute atomic E-state index is 13.0. The number of carbonyl (C=O) groups is 2. The van der Waals surface area contributed by atoms with Crippen molar-refractivity contribution >= 4 is 38.2 Å². The number of fused-ring (bicyclic) bond motifs is 1. The maximum Gasteiger partial charge on any atom is 0.341 e. The van der Waals surface area contributed by atoms with Crippen LogP contribution in [-0.2, 0) is 27.6 Å². The van der Waals surface area contributed by atoms with Gasteiger partial charge in [0.2, 0.25) is 10.0 Å². The fourth-order valence-electron chi connectivity index (χ4n) is 4.73. The van der Waals surface area contributed by atoms with E-state index in [1.807, 2.05) is 0 Å². The van der Waals surface area contributed by atoms with E-state index in [1.54, 1.807) is 7.05 Å². The van der Waals surface area contributed by atoms with Crippen LogP contribution in [0.2, 0.25) is 0 Å². The van der Waals surface area contributed by atoms with E-state index >= 15 is 0 Å². The molecule has 1 fully saturated rings. The zero-order valence-corrected chi connectivity index (χ0v) is 20.7. The summed E-state index contributed by atoms with van der Waals surface area (Å²) >= 11 is 1.42. The summed E-state index contributed by atoms with van der Waals surface area (Å²) in [6.45, 7) is 0. The number of amides is 1. The summed E-state index contributed by atoms with van der Waals surface area (Å²) in [7, 11) is -0.646. The van der Waals surface area contributed by atoms with Gasteiger partial charge in [0.05, 0.1) is 17.6 Å². The van der Waals surface area contributed by atoms with Crippen molar-refractivity contribution in [2.75, 3.05) is 19.5 Å². The summed E-state index contributed by atoms with van der Waals surface area (Å²) in [5.41, 5.74) is 1.75. The molecule has 1 heterocycles. The molecular weight excluding hydrogens is 460 g/mol. The summed E-state index contributed by atoms with van der Waals surface area (Å²) in [6.07, 6.45) is 8.76. The number of methoxy groups -OCH3 is 1. The minimum absolute atomic E-state index is 0.0216. The first kappa shape index (κ1) is 23.9. The standard InChI is InChI=1S/C24H30N2O5S2/c1-26(17-8-4-3-5-9-17)33(29,30)18-14-12-16(13-15-18)22(27)25-23-21(24(28)31-2)19-10-6-7-11-20(19)32-23/h12-15,17H,3-11H2,1-2H3,(H,25,27). The molecule has 9 heteroatoms. The average Bonchev–Trinajstić information content (AvgIpc) is 3.21. The van der Waals surface area contributed by atoms with E-state index < -0.39 is 16.0 Å². The molecular formula is C24H30N2O5S2. The lowest BCUT2D eigenvalue weighted by molar-refractivity contribution is 0.0601. The minimum atomic E-state index is -3.62. The van der Waals surface area contributed by atoms with Crippen molar-refractivity contribution in [2.45, 2.75) is 68.7 Å². The third-order valence-electron chi connectivity index (χ3n) is 6.67. The second-order valence-electron chi connectivity index (χ2n) is 8.70. The van der Waals surface area contributed by atoms with Gasteiger partial charge in [-0.05, 0) is 68.4 Å². The molecule has 0 saturated heterocycles. The van der Waals surface area contributed by atoms with Crippen molar-refractivity contribution in [1.29, 1.82) is 0 Å². The smallest absolute Gasteiger partial charge is 0.341 e. The van der Waals surface area contributed by atoms with Gasteiger partial charge >= 0.3 is 5.97 Å². The van der Waals surface area contributed by atoms with Crippen molar-refractivity contribution in [3.05, 3.63) is 45.8 Å². The fourth-order valence-corrected chi connectivity index (χ4v) is 7.42. The Kier molecular flexibility index (Phi) is 7.21. The Morgan fingerprint density at radius 3 is 2.36 bits per heavy atom. The number of hydrogen-bond donors (Lipinski definition) is 1. The Labute approximate surface area is 199 Å². The number of nitrogens with zero attached hydrogens (tertiary/aromatic N) is 1. The number of hydrogen-bond acceptors (Lipinski definition) is 6. The number of benzene rings is 1. The van der Waals surface area contributed by atoms with E-state index in [0.29, 0.717) is 16.1 Å². The van der Waals surface area contributed by atoms with Crippen LogP contribution in [0.15, 0.2) is 29.2 Å². The molecule has 178 valence electrons. The highest BCUT2D eigenvalue weighted by Gasteiger charge is 2.30. The first-order chi connectivity index (χ1) is 15.8.